The van der Waals surface area contributed by atoms with Crippen molar-refractivity contribution in [3.63, 3.8) is 0 Å². The molecule has 0 atom stereocenters. The summed E-state index contributed by atoms with van der Waals surface area (Å²) in [5.74, 6) is -0.311. The Morgan fingerprint density at radius 3 is 2.62 bits per heavy atom. The van der Waals surface area contributed by atoms with Crippen LogP contribution in [-0.4, -0.2) is 25.9 Å². The predicted molar refractivity (Wildman–Crippen MR) is 78.8 cm³/mol. The summed E-state index contributed by atoms with van der Waals surface area (Å²) in [5.41, 5.74) is 0.0756. The number of hydrogen-bond donors (Lipinski definition) is 3. The molecule has 0 saturated heterocycles. The first-order valence-electron chi connectivity index (χ1n) is 5.95. The number of primary sulfonamides is 1. The van der Waals surface area contributed by atoms with Crippen LogP contribution in [0.1, 0.15) is 15.2 Å². The predicted octanol–water partition coefficient (Wildman–Crippen LogP) is 0.0563. The third-order valence-electron chi connectivity index (χ3n) is 2.62. The summed E-state index contributed by atoms with van der Waals surface area (Å²) in [6, 6.07) is 5.81. The van der Waals surface area contributed by atoms with Gasteiger partial charge in [0.15, 0.2) is 0 Å². The van der Waals surface area contributed by atoms with Gasteiger partial charge in [0.2, 0.25) is 15.6 Å². The van der Waals surface area contributed by atoms with E-state index < -0.39 is 10.0 Å². The zero-order chi connectivity index (χ0) is 15.5. The zero-order valence-electron chi connectivity index (χ0n) is 10.8. The van der Waals surface area contributed by atoms with Crippen molar-refractivity contribution < 1.29 is 13.2 Å². The summed E-state index contributed by atoms with van der Waals surface area (Å²) in [5, 5.41) is 7.70. The molecule has 0 unspecified atom stereocenters. The molecule has 9 heteroatoms. The highest BCUT2D eigenvalue weighted by Gasteiger charge is 2.11. The van der Waals surface area contributed by atoms with Crippen molar-refractivity contribution in [3.8, 4) is 0 Å². The van der Waals surface area contributed by atoms with E-state index in [4.69, 9.17) is 5.14 Å². The first-order chi connectivity index (χ1) is 9.86. The van der Waals surface area contributed by atoms with Gasteiger partial charge in [-0.1, -0.05) is 0 Å². The second kappa shape index (κ2) is 6.20. The van der Waals surface area contributed by atoms with Gasteiger partial charge >= 0.3 is 0 Å². The third-order valence-corrected chi connectivity index (χ3v) is 5.20. The summed E-state index contributed by atoms with van der Waals surface area (Å²) in [4.78, 5) is 25.9. The second-order valence-electron chi connectivity index (χ2n) is 4.21. The minimum absolute atomic E-state index is 0.101. The van der Waals surface area contributed by atoms with E-state index in [1.165, 1.54) is 24.4 Å². The summed E-state index contributed by atoms with van der Waals surface area (Å²) < 4.78 is 22.4. The molecular weight excluding hydrogens is 314 g/mol. The molecule has 0 bridgehead atoms. The Kier molecular flexibility index (Phi) is 4.56. The fraction of sp³-hybridized carbons (Fsp3) is 0.167. The minimum Gasteiger partial charge on any atom is -0.352 e. The number of amides is 1. The average molecular weight is 327 g/mol. The van der Waals surface area contributed by atoms with Gasteiger partial charge in [0.25, 0.3) is 5.91 Å². The molecule has 0 saturated carbocycles. The van der Waals surface area contributed by atoms with Crippen LogP contribution in [0.4, 0.5) is 0 Å². The molecule has 7 nitrogen and oxygen atoms in total. The maximum Gasteiger partial charge on any atom is 0.252 e. The molecular formula is C12H13N3O4S2. The third kappa shape index (κ3) is 4.25. The van der Waals surface area contributed by atoms with Crippen molar-refractivity contribution in [2.45, 2.75) is 10.6 Å². The van der Waals surface area contributed by atoms with Crippen LogP contribution in [-0.2, 0) is 16.4 Å². The smallest absolute Gasteiger partial charge is 0.252 e. The number of sulfonamides is 1. The normalized spacial score (nSPS) is 11.3. The standard InChI is InChI=1S/C12H13N3O4S2/c13-21(18,19)11-4-2-9(20-11)5-6-14-12(17)8-1-3-10(16)15-7-8/h1-4,7H,5-6H2,(H,14,17)(H,15,16)(H2,13,18,19). The average Bonchev–Trinajstić information content (AvgIpc) is 2.88. The van der Waals surface area contributed by atoms with E-state index >= 15 is 0 Å². The molecule has 0 fully saturated rings. The van der Waals surface area contributed by atoms with Gasteiger partial charge in [-0.15, -0.1) is 11.3 Å². The Balaban J connectivity index is 1.89. The molecule has 0 aliphatic carbocycles. The molecule has 0 aromatic carbocycles. The van der Waals surface area contributed by atoms with Crippen LogP contribution in [0.5, 0.6) is 0 Å². The maximum atomic E-state index is 11.8. The van der Waals surface area contributed by atoms with Crippen molar-refractivity contribution in [2.24, 2.45) is 5.14 Å². The lowest BCUT2D eigenvalue weighted by Crippen LogP contribution is -2.26. The molecule has 2 aromatic rings. The number of aromatic amines is 1. The van der Waals surface area contributed by atoms with Crippen LogP contribution in [0.2, 0.25) is 0 Å². The lowest BCUT2D eigenvalue weighted by atomic mass is 10.2. The van der Waals surface area contributed by atoms with E-state index in [9.17, 15) is 18.0 Å². The molecule has 0 aliphatic heterocycles. The number of thiophene rings is 1. The first kappa shape index (κ1) is 15.4. The van der Waals surface area contributed by atoms with Gasteiger partial charge in [-0.05, 0) is 24.6 Å². The van der Waals surface area contributed by atoms with E-state index in [1.54, 1.807) is 6.07 Å². The minimum atomic E-state index is -3.67. The molecule has 1 amide bonds. The SMILES string of the molecule is NS(=O)(=O)c1ccc(CCNC(=O)c2ccc(=O)[nH]c2)s1. The van der Waals surface area contributed by atoms with Crippen LogP contribution in [0.25, 0.3) is 0 Å². The van der Waals surface area contributed by atoms with Gasteiger partial charge in [0.1, 0.15) is 4.21 Å². The van der Waals surface area contributed by atoms with Crippen LogP contribution < -0.4 is 16.0 Å². The number of carbonyl (C=O) groups excluding carboxylic acids is 1. The number of carbonyl (C=O) groups is 1. The first-order valence-corrected chi connectivity index (χ1v) is 8.31. The van der Waals surface area contributed by atoms with Crippen molar-refractivity contribution in [1.82, 2.24) is 10.3 Å². The van der Waals surface area contributed by atoms with Gasteiger partial charge in [-0.2, -0.15) is 0 Å². The van der Waals surface area contributed by atoms with E-state index in [0.717, 1.165) is 16.2 Å². The van der Waals surface area contributed by atoms with Crippen molar-refractivity contribution >= 4 is 27.3 Å². The number of rotatable bonds is 5. The molecule has 0 aliphatic rings. The Hall–Kier alpha value is -1.97. The van der Waals surface area contributed by atoms with Gasteiger partial charge in [0, 0.05) is 23.7 Å². The largest absolute Gasteiger partial charge is 0.352 e. The molecule has 0 radical (unpaired) electrons. The Bertz CT molecular complexity index is 787. The summed E-state index contributed by atoms with van der Waals surface area (Å²) in [6.07, 6.45) is 1.83. The lowest BCUT2D eigenvalue weighted by Gasteiger charge is -2.03. The maximum absolute atomic E-state index is 11.8. The van der Waals surface area contributed by atoms with E-state index in [2.05, 4.69) is 10.3 Å². The highest BCUT2D eigenvalue weighted by molar-refractivity contribution is 7.91. The second-order valence-corrected chi connectivity index (χ2v) is 7.17. The molecule has 112 valence electrons. The van der Waals surface area contributed by atoms with Crippen LogP contribution in [0.15, 0.2) is 39.5 Å². The van der Waals surface area contributed by atoms with Crippen LogP contribution in [0.3, 0.4) is 0 Å². The number of nitrogens with one attached hydrogen (secondary N) is 2. The number of H-pyrrole nitrogens is 1. The topological polar surface area (TPSA) is 122 Å². The van der Waals surface area contributed by atoms with E-state index in [1.807, 2.05) is 0 Å². The van der Waals surface area contributed by atoms with Gasteiger partial charge in [0.05, 0.1) is 5.56 Å². The fourth-order valence-corrected chi connectivity index (χ4v) is 3.38. The van der Waals surface area contributed by atoms with Gasteiger partial charge in [-0.3, -0.25) is 9.59 Å². The highest BCUT2D eigenvalue weighted by Crippen LogP contribution is 2.20. The molecule has 2 heterocycles. The lowest BCUT2D eigenvalue weighted by molar-refractivity contribution is 0.0954. The quantitative estimate of drug-likeness (QED) is 0.718. The summed E-state index contributed by atoms with van der Waals surface area (Å²) in [6.45, 7) is 0.350. The molecule has 0 spiro atoms. The number of hydrogen-bond acceptors (Lipinski definition) is 5. The fourth-order valence-electron chi connectivity index (χ4n) is 1.60. The molecule has 21 heavy (non-hydrogen) atoms. The summed E-state index contributed by atoms with van der Waals surface area (Å²) >= 11 is 1.08. The van der Waals surface area contributed by atoms with E-state index in [-0.39, 0.29) is 15.7 Å². The Labute approximate surface area is 124 Å². The Morgan fingerprint density at radius 1 is 1.29 bits per heavy atom. The van der Waals surface area contributed by atoms with E-state index in [0.29, 0.717) is 18.5 Å². The van der Waals surface area contributed by atoms with Crippen LogP contribution in [0, 0.1) is 0 Å². The number of pyridine rings is 1. The molecule has 2 aromatic heterocycles. The number of nitrogens with two attached hydrogens (primary N) is 1. The monoisotopic (exact) mass is 327 g/mol. The van der Waals surface area contributed by atoms with Crippen LogP contribution >= 0.6 is 11.3 Å². The van der Waals surface area contributed by atoms with Crippen molar-refractivity contribution in [2.75, 3.05) is 6.54 Å². The molecule has 4 N–H and O–H groups in total. The van der Waals surface area contributed by atoms with Gasteiger partial charge in [-0.25, -0.2) is 13.6 Å². The number of aromatic nitrogens is 1. The van der Waals surface area contributed by atoms with Crippen molar-refractivity contribution in [3.05, 3.63) is 51.3 Å². The Morgan fingerprint density at radius 2 is 2.05 bits per heavy atom. The van der Waals surface area contributed by atoms with Crippen molar-refractivity contribution in [1.29, 1.82) is 0 Å². The van der Waals surface area contributed by atoms with Gasteiger partial charge < -0.3 is 10.3 Å². The zero-order valence-corrected chi connectivity index (χ0v) is 12.5. The highest BCUT2D eigenvalue weighted by atomic mass is 32.2. The summed E-state index contributed by atoms with van der Waals surface area (Å²) in [7, 11) is -3.67. The molecule has 2 rings (SSSR count).